The molecule has 0 saturated carbocycles. The molecule has 52 heavy (non-hydrogen) atoms. The first-order valence-electron chi connectivity index (χ1n) is 21.4. The second-order valence-corrected chi connectivity index (χ2v) is 19.4. The van der Waals surface area contributed by atoms with E-state index in [4.69, 9.17) is 14.5 Å². The van der Waals surface area contributed by atoms with Gasteiger partial charge in [-0.25, -0.2) is 4.57 Å². The molecule has 0 saturated heterocycles. The highest BCUT2D eigenvalue weighted by Gasteiger charge is 2.33. The maximum atomic E-state index is 13.3. The molecule has 0 rings (SSSR count). The van der Waals surface area contributed by atoms with Crippen LogP contribution in [0.5, 0.6) is 0 Å². The van der Waals surface area contributed by atoms with Gasteiger partial charge in [0.1, 0.15) is 6.10 Å². The zero-order chi connectivity index (χ0) is 39.7. The summed E-state index contributed by atoms with van der Waals surface area (Å²) >= 11 is 0. The molecular weight excluding hydrogens is 675 g/mol. The third-order valence-electron chi connectivity index (χ3n) is 10.9. The average Bonchev–Trinajstić information content (AvgIpc) is 3.01. The molecule has 0 aliphatic carbocycles. The van der Waals surface area contributed by atoms with Crippen molar-refractivity contribution in [3.8, 4) is 0 Å². The lowest BCUT2D eigenvalue weighted by molar-refractivity contribution is -0.164. The Morgan fingerprint density at radius 2 is 0.808 bits per heavy atom. The number of carbonyl (C=O) groups excluding carboxylic acids is 2. The van der Waals surface area contributed by atoms with Crippen LogP contribution in [0.1, 0.15) is 198 Å². The number of rotatable bonds is 34. The van der Waals surface area contributed by atoms with E-state index in [1.54, 1.807) is 0 Å². The molecule has 8 atom stereocenters. The Bertz CT molecular complexity index is 949. The van der Waals surface area contributed by atoms with Crippen LogP contribution in [-0.4, -0.2) is 45.5 Å². The predicted molar refractivity (Wildman–Crippen MR) is 216 cm³/mol. The molecule has 8 unspecified atom stereocenters. The number of esters is 1. The minimum atomic E-state index is -4.87. The van der Waals surface area contributed by atoms with Gasteiger partial charge in [-0.3, -0.25) is 14.1 Å². The fourth-order valence-corrected chi connectivity index (χ4v) is 7.69. The van der Waals surface area contributed by atoms with Gasteiger partial charge in [0.05, 0.1) is 6.61 Å². The van der Waals surface area contributed by atoms with Crippen molar-refractivity contribution < 1.29 is 38.3 Å². The molecule has 8 nitrogen and oxygen atoms in total. The van der Waals surface area contributed by atoms with Gasteiger partial charge in [-0.1, -0.05) is 185 Å². The SMILES string of the molecule is CC(C)CCCC(C)CCCC(C)CCCC(C)CC(=O)OC(C(=O)CC(C)CCCC(C)CCCC(C)CCCC(C)C)C(O)COP(=O)(O)O. The standard InChI is InChI=1S/C43H85O8P/c1-32(2)17-11-19-34(5)21-13-23-36(7)25-15-27-38(9)29-40(44)43(41(45)31-50-52(47,48)49)51-42(46)30-39(10)28-16-26-37(8)24-14-22-35(6)20-12-18-33(3)4/h32-39,41,43,45H,11-31H2,1-10H3,(H2,47,48,49). The molecule has 0 amide bonds. The summed E-state index contributed by atoms with van der Waals surface area (Å²) in [4.78, 5) is 44.5. The van der Waals surface area contributed by atoms with Crippen LogP contribution in [0.25, 0.3) is 0 Å². The van der Waals surface area contributed by atoms with Gasteiger partial charge in [0, 0.05) is 12.8 Å². The van der Waals surface area contributed by atoms with Crippen molar-refractivity contribution >= 4 is 19.6 Å². The Hall–Kier alpha value is -0.790. The van der Waals surface area contributed by atoms with Gasteiger partial charge in [-0.15, -0.1) is 0 Å². The van der Waals surface area contributed by atoms with Crippen LogP contribution in [0.2, 0.25) is 0 Å². The minimum Gasteiger partial charge on any atom is -0.451 e. The van der Waals surface area contributed by atoms with Crippen molar-refractivity contribution in [2.45, 2.75) is 210 Å². The number of Topliss-reactive ketones (excluding diaryl/α,β-unsaturated/α-hetero) is 1. The van der Waals surface area contributed by atoms with Crippen LogP contribution in [0.3, 0.4) is 0 Å². The lowest BCUT2D eigenvalue weighted by Crippen LogP contribution is -2.41. The largest absolute Gasteiger partial charge is 0.469 e. The molecule has 0 aliphatic heterocycles. The van der Waals surface area contributed by atoms with Crippen molar-refractivity contribution in [2.75, 3.05) is 6.61 Å². The van der Waals surface area contributed by atoms with E-state index in [1.807, 2.05) is 13.8 Å². The first kappa shape index (κ1) is 51.2. The molecule has 0 heterocycles. The monoisotopic (exact) mass is 761 g/mol. The highest BCUT2D eigenvalue weighted by molar-refractivity contribution is 7.46. The Kier molecular flexibility index (Phi) is 29.0. The maximum absolute atomic E-state index is 13.3. The molecule has 3 N–H and O–H groups in total. The highest BCUT2D eigenvalue weighted by Crippen LogP contribution is 2.36. The number of ketones is 1. The number of phosphoric acid groups is 1. The second kappa shape index (κ2) is 29.5. The number of aliphatic hydroxyl groups excluding tert-OH is 1. The van der Waals surface area contributed by atoms with E-state index in [0.717, 1.165) is 62.2 Å². The molecule has 310 valence electrons. The molecule has 9 heteroatoms. The van der Waals surface area contributed by atoms with E-state index >= 15 is 0 Å². The van der Waals surface area contributed by atoms with Crippen LogP contribution in [0.4, 0.5) is 0 Å². The number of phosphoric ester groups is 1. The number of carbonyl (C=O) groups is 2. The normalized spacial score (nSPS) is 17.1. The molecule has 0 aromatic rings. The van der Waals surface area contributed by atoms with E-state index in [9.17, 15) is 19.3 Å². The topological polar surface area (TPSA) is 130 Å². The van der Waals surface area contributed by atoms with Gasteiger partial charge in [-0.2, -0.15) is 0 Å². The Morgan fingerprint density at radius 3 is 1.13 bits per heavy atom. The van der Waals surface area contributed by atoms with Crippen LogP contribution in [0, 0.1) is 47.3 Å². The summed E-state index contributed by atoms with van der Waals surface area (Å²) in [6.45, 7) is 21.7. The van der Waals surface area contributed by atoms with Crippen molar-refractivity contribution in [1.82, 2.24) is 0 Å². The quantitative estimate of drug-likeness (QED) is 0.0436. The fourth-order valence-electron chi connectivity index (χ4n) is 7.34. The van der Waals surface area contributed by atoms with Gasteiger partial charge >= 0.3 is 13.8 Å². The van der Waals surface area contributed by atoms with Gasteiger partial charge in [0.25, 0.3) is 0 Å². The number of aliphatic hydroxyl groups is 1. The molecule has 0 aromatic carbocycles. The van der Waals surface area contributed by atoms with Gasteiger partial charge in [-0.05, 0) is 47.3 Å². The molecule has 0 bridgehead atoms. The lowest BCUT2D eigenvalue weighted by atomic mass is 9.90. The van der Waals surface area contributed by atoms with Crippen molar-refractivity contribution in [2.24, 2.45) is 47.3 Å². The number of ether oxygens (including phenoxy) is 1. The lowest BCUT2D eigenvalue weighted by Gasteiger charge is -2.24. The maximum Gasteiger partial charge on any atom is 0.469 e. The number of hydrogen-bond acceptors (Lipinski definition) is 6. The highest BCUT2D eigenvalue weighted by atomic mass is 31.2. The van der Waals surface area contributed by atoms with Gasteiger partial charge < -0.3 is 19.6 Å². The first-order chi connectivity index (χ1) is 24.3. The molecule has 0 spiro atoms. The molecule has 0 aromatic heterocycles. The molecule has 0 fully saturated rings. The summed E-state index contributed by atoms with van der Waals surface area (Å²) in [5.74, 6) is 3.40. The zero-order valence-corrected chi connectivity index (χ0v) is 36.3. The van der Waals surface area contributed by atoms with Crippen LogP contribution >= 0.6 is 7.82 Å². The van der Waals surface area contributed by atoms with E-state index in [2.05, 4.69) is 59.9 Å². The third kappa shape index (κ3) is 30.5. The third-order valence-corrected chi connectivity index (χ3v) is 11.4. The van der Waals surface area contributed by atoms with Crippen LogP contribution in [0.15, 0.2) is 0 Å². The first-order valence-corrected chi connectivity index (χ1v) is 22.9. The Morgan fingerprint density at radius 1 is 0.500 bits per heavy atom. The smallest absolute Gasteiger partial charge is 0.451 e. The second-order valence-electron chi connectivity index (χ2n) is 18.1. The van der Waals surface area contributed by atoms with Crippen LogP contribution in [-0.2, 0) is 23.4 Å². The summed E-state index contributed by atoms with van der Waals surface area (Å²) in [7, 11) is -4.87. The summed E-state index contributed by atoms with van der Waals surface area (Å²) < 4.78 is 21.3. The van der Waals surface area contributed by atoms with E-state index in [1.165, 1.54) is 77.0 Å². The molecular formula is C43H85O8P. The van der Waals surface area contributed by atoms with Crippen molar-refractivity contribution in [3.05, 3.63) is 0 Å². The zero-order valence-electron chi connectivity index (χ0n) is 35.5. The molecule has 0 aliphatic rings. The van der Waals surface area contributed by atoms with E-state index in [-0.39, 0.29) is 24.7 Å². The van der Waals surface area contributed by atoms with Crippen molar-refractivity contribution in [3.63, 3.8) is 0 Å². The van der Waals surface area contributed by atoms with Crippen molar-refractivity contribution in [1.29, 1.82) is 0 Å². The Balaban J connectivity index is 4.72. The molecule has 0 radical (unpaired) electrons. The Labute approximate surface area is 321 Å². The van der Waals surface area contributed by atoms with Gasteiger partial charge in [0.15, 0.2) is 11.9 Å². The predicted octanol–water partition coefficient (Wildman–Crippen LogP) is 11.9. The van der Waals surface area contributed by atoms with E-state index < -0.39 is 38.4 Å². The van der Waals surface area contributed by atoms with Gasteiger partial charge in [0.2, 0.25) is 0 Å². The average molecular weight is 761 g/mol. The number of hydrogen-bond donors (Lipinski definition) is 3. The summed E-state index contributed by atoms with van der Waals surface area (Å²) in [6.07, 6.45) is 18.3. The van der Waals surface area contributed by atoms with E-state index in [0.29, 0.717) is 11.8 Å². The summed E-state index contributed by atoms with van der Waals surface area (Å²) in [5, 5.41) is 10.7. The summed E-state index contributed by atoms with van der Waals surface area (Å²) in [5.41, 5.74) is 0. The van der Waals surface area contributed by atoms with Crippen LogP contribution < -0.4 is 0 Å². The summed E-state index contributed by atoms with van der Waals surface area (Å²) in [6, 6.07) is 0. The fraction of sp³-hybridized carbons (Fsp3) is 0.953. The minimum absolute atomic E-state index is 0.0192.